The van der Waals surface area contributed by atoms with Gasteiger partial charge < -0.3 is 15.1 Å². The van der Waals surface area contributed by atoms with E-state index in [4.69, 9.17) is 0 Å². The molecular formula is C21H23N3O3. The van der Waals surface area contributed by atoms with Gasteiger partial charge in [0.15, 0.2) is 11.6 Å². The Kier molecular flexibility index (Phi) is 5.54. The molecule has 3 rings (SSSR count). The lowest BCUT2D eigenvalue weighted by molar-refractivity contribution is 0.100. The molecule has 6 heteroatoms. The zero-order chi connectivity index (χ0) is 19.4. The van der Waals surface area contributed by atoms with Gasteiger partial charge in [-0.15, -0.1) is 0 Å². The molecule has 0 aromatic heterocycles. The highest BCUT2D eigenvalue weighted by Gasteiger charge is 2.21. The second-order valence-corrected chi connectivity index (χ2v) is 6.64. The van der Waals surface area contributed by atoms with E-state index in [0.29, 0.717) is 29.9 Å². The predicted octanol–water partition coefficient (Wildman–Crippen LogP) is 3.45. The van der Waals surface area contributed by atoms with Gasteiger partial charge in [-0.3, -0.25) is 9.59 Å². The largest absolute Gasteiger partial charge is 0.368 e. The third-order valence-electron chi connectivity index (χ3n) is 4.73. The van der Waals surface area contributed by atoms with Gasteiger partial charge in [-0.25, -0.2) is 4.79 Å². The Morgan fingerprint density at radius 3 is 2.04 bits per heavy atom. The molecule has 6 nitrogen and oxygen atoms in total. The number of carbonyl (C=O) groups excluding carboxylic acids is 3. The van der Waals surface area contributed by atoms with Crippen molar-refractivity contribution in [3.63, 3.8) is 0 Å². The lowest BCUT2D eigenvalue weighted by Crippen LogP contribution is -2.50. The Morgan fingerprint density at radius 1 is 0.815 bits per heavy atom. The number of carbonyl (C=O) groups is 3. The van der Waals surface area contributed by atoms with Gasteiger partial charge in [-0.1, -0.05) is 12.1 Å². The summed E-state index contributed by atoms with van der Waals surface area (Å²) < 4.78 is 0. The summed E-state index contributed by atoms with van der Waals surface area (Å²) in [7, 11) is 0. The highest BCUT2D eigenvalue weighted by atomic mass is 16.2. The molecule has 0 spiro atoms. The fourth-order valence-electron chi connectivity index (χ4n) is 3.09. The van der Waals surface area contributed by atoms with Gasteiger partial charge in [-0.05, 0) is 50.2 Å². The van der Waals surface area contributed by atoms with E-state index >= 15 is 0 Å². The summed E-state index contributed by atoms with van der Waals surface area (Å²) in [5.41, 5.74) is 2.94. The lowest BCUT2D eigenvalue weighted by Gasteiger charge is -2.36. The first kappa shape index (κ1) is 18.6. The van der Waals surface area contributed by atoms with Gasteiger partial charge in [0, 0.05) is 48.7 Å². The van der Waals surface area contributed by atoms with Crippen molar-refractivity contribution < 1.29 is 14.4 Å². The summed E-state index contributed by atoms with van der Waals surface area (Å²) in [4.78, 5) is 39.3. The number of ketones is 2. The molecule has 1 saturated heterocycles. The van der Waals surface area contributed by atoms with Crippen molar-refractivity contribution in [3.8, 4) is 0 Å². The standard InChI is InChI=1S/C21H23N3O3/c1-15(25)17-6-8-20(9-7-17)23-10-12-24(13-11-23)21(27)22-19-5-3-4-18(14-19)16(2)26/h3-9,14H,10-13H2,1-2H3,(H,22,27). The molecule has 1 aliphatic heterocycles. The predicted molar refractivity (Wildman–Crippen MR) is 106 cm³/mol. The van der Waals surface area contributed by atoms with Gasteiger partial charge >= 0.3 is 6.03 Å². The molecule has 27 heavy (non-hydrogen) atoms. The summed E-state index contributed by atoms with van der Waals surface area (Å²) in [6, 6.07) is 14.3. The van der Waals surface area contributed by atoms with Crippen LogP contribution in [-0.2, 0) is 0 Å². The van der Waals surface area contributed by atoms with E-state index in [2.05, 4.69) is 10.2 Å². The topological polar surface area (TPSA) is 69.7 Å². The number of rotatable bonds is 4. The van der Waals surface area contributed by atoms with Crippen molar-refractivity contribution in [1.82, 2.24) is 4.90 Å². The van der Waals surface area contributed by atoms with Crippen molar-refractivity contribution in [2.24, 2.45) is 0 Å². The minimum absolute atomic E-state index is 0.0319. The first-order valence-corrected chi connectivity index (χ1v) is 8.97. The number of amides is 2. The van der Waals surface area contributed by atoms with E-state index in [0.717, 1.165) is 18.8 Å². The van der Waals surface area contributed by atoms with Crippen LogP contribution < -0.4 is 10.2 Å². The van der Waals surface area contributed by atoms with Crippen LogP contribution in [0.4, 0.5) is 16.2 Å². The van der Waals surface area contributed by atoms with Gasteiger partial charge in [0.25, 0.3) is 0 Å². The van der Waals surface area contributed by atoms with Crippen molar-refractivity contribution in [2.45, 2.75) is 13.8 Å². The molecule has 0 bridgehead atoms. The van der Waals surface area contributed by atoms with E-state index in [-0.39, 0.29) is 17.6 Å². The van der Waals surface area contributed by atoms with Crippen molar-refractivity contribution in [1.29, 1.82) is 0 Å². The second-order valence-electron chi connectivity index (χ2n) is 6.64. The molecule has 1 aliphatic rings. The number of piperazine rings is 1. The van der Waals surface area contributed by atoms with E-state index in [1.54, 1.807) is 36.1 Å². The Hall–Kier alpha value is -3.15. The van der Waals surface area contributed by atoms with Gasteiger partial charge in [-0.2, -0.15) is 0 Å². The third kappa shape index (κ3) is 4.53. The van der Waals surface area contributed by atoms with Crippen LogP contribution >= 0.6 is 0 Å². The smallest absolute Gasteiger partial charge is 0.321 e. The molecule has 2 aromatic rings. The van der Waals surface area contributed by atoms with Crippen LogP contribution in [0.15, 0.2) is 48.5 Å². The molecule has 1 N–H and O–H groups in total. The molecule has 1 heterocycles. The van der Waals surface area contributed by atoms with Crippen molar-refractivity contribution in [2.75, 3.05) is 36.4 Å². The average molecular weight is 365 g/mol. The Labute approximate surface area is 158 Å². The first-order chi connectivity index (χ1) is 12.9. The van der Waals surface area contributed by atoms with Crippen LogP contribution in [0, 0.1) is 0 Å². The lowest BCUT2D eigenvalue weighted by atomic mass is 10.1. The van der Waals surface area contributed by atoms with Crippen LogP contribution in [0.3, 0.4) is 0 Å². The zero-order valence-electron chi connectivity index (χ0n) is 15.6. The van der Waals surface area contributed by atoms with Crippen molar-refractivity contribution in [3.05, 3.63) is 59.7 Å². The molecular weight excluding hydrogens is 342 g/mol. The maximum atomic E-state index is 12.5. The highest BCUT2D eigenvalue weighted by molar-refractivity contribution is 5.97. The maximum Gasteiger partial charge on any atom is 0.321 e. The first-order valence-electron chi connectivity index (χ1n) is 8.97. The molecule has 140 valence electrons. The second kappa shape index (κ2) is 8.03. The molecule has 0 aliphatic carbocycles. The molecule has 1 fully saturated rings. The Balaban J connectivity index is 1.57. The van der Waals surface area contributed by atoms with Crippen LogP contribution in [-0.4, -0.2) is 48.7 Å². The van der Waals surface area contributed by atoms with Crippen LogP contribution in [0.2, 0.25) is 0 Å². The Morgan fingerprint density at radius 2 is 1.44 bits per heavy atom. The molecule has 0 radical (unpaired) electrons. The number of anilines is 2. The molecule has 0 saturated carbocycles. The van der Waals surface area contributed by atoms with E-state index in [1.165, 1.54) is 6.92 Å². The van der Waals surface area contributed by atoms with E-state index < -0.39 is 0 Å². The maximum absolute atomic E-state index is 12.5. The highest BCUT2D eigenvalue weighted by Crippen LogP contribution is 2.18. The molecule has 0 atom stereocenters. The third-order valence-corrected chi connectivity index (χ3v) is 4.73. The number of urea groups is 1. The van der Waals surface area contributed by atoms with Crippen LogP contribution in [0.5, 0.6) is 0 Å². The zero-order valence-corrected chi connectivity index (χ0v) is 15.6. The summed E-state index contributed by atoms with van der Waals surface area (Å²) >= 11 is 0. The molecule has 2 amide bonds. The SMILES string of the molecule is CC(=O)c1ccc(N2CCN(C(=O)Nc3cccc(C(C)=O)c3)CC2)cc1. The quantitative estimate of drug-likeness (QED) is 0.843. The van der Waals surface area contributed by atoms with Crippen molar-refractivity contribution >= 4 is 29.0 Å². The fraction of sp³-hybridized carbons (Fsp3) is 0.286. The number of nitrogens with zero attached hydrogens (tertiary/aromatic N) is 2. The number of Topliss-reactive ketones (excluding diaryl/α,β-unsaturated/α-hetero) is 2. The van der Waals surface area contributed by atoms with Gasteiger partial charge in [0.05, 0.1) is 0 Å². The number of benzene rings is 2. The Bertz CT molecular complexity index is 853. The summed E-state index contributed by atoms with van der Waals surface area (Å²) in [5.74, 6) is 0.0207. The monoisotopic (exact) mass is 365 g/mol. The van der Waals surface area contributed by atoms with E-state index in [1.807, 2.05) is 24.3 Å². The summed E-state index contributed by atoms with van der Waals surface area (Å²) in [6.07, 6.45) is 0. The van der Waals surface area contributed by atoms with Crippen LogP contribution in [0.1, 0.15) is 34.6 Å². The number of hydrogen-bond donors (Lipinski definition) is 1. The van der Waals surface area contributed by atoms with E-state index in [9.17, 15) is 14.4 Å². The minimum atomic E-state index is -0.165. The minimum Gasteiger partial charge on any atom is -0.368 e. The number of nitrogens with one attached hydrogen (secondary N) is 1. The fourth-order valence-corrected chi connectivity index (χ4v) is 3.09. The van der Waals surface area contributed by atoms with Gasteiger partial charge in [0.1, 0.15) is 0 Å². The summed E-state index contributed by atoms with van der Waals surface area (Å²) in [5, 5.41) is 2.86. The molecule has 2 aromatic carbocycles. The van der Waals surface area contributed by atoms with Gasteiger partial charge in [0.2, 0.25) is 0 Å². The summed E-state index contributed by atoms with van der Waals surface area (Å²) in [6.45, 7) is 5.71. The normalized spacial score (nSPS) is 14.0. The molecule has 0 unspecified atom stereocenters. The van der Waals surface area contributed by atoms with Crippen LogP contribution in [0.25, 0.3) is 0 Å². The average Bonchev–Trinajstić information content (AvgIpc) is 2.68. The number of hydrogen-bond acceptors (Lipinski definition) is 4.